The van der Waals surface area contributed by atoms with Crippen molar-refractivity contribution in [2.24, 2.45) is 0 Å². The predicted molar refractivity (Wildman–Crippen MR) is 194 cm³/mol. The highest BCUT2D eigenvalue weighted by Gasteiger charge is 2.22. The van der Waals surface area contributed by atoms with Crippen molar-refractivity contribution in [3.05, 3.63) is 148 Å². The summed E-state index contributed by atoms with van der Waals surface area (Å²) in [5.41, 5.74) is 6.82. The number of benzene rings is 4. The fourth-order valence-corrected chi connectivity index (χ4v) is 6.16. The van der Waals surface area contributed by atoms with Crippen LogP contribution in [-0.2, 0) is 0 Å². The molecule has 2 N–H and O–H groups in total. The SMILES string of the molecule is Cc1c(-c2ccc(Cl)cc2)nc2ccccc2c1C(=O)Nc1cccc(NC(=O)c2c(C)c(-c3ccc(Cl)cc3)nc3ccccc23)n1. The lowest BCUT2D eigenvalue weighted by atomic mass is 9.97. The predicted octanol–water partition coefficient (Wildman–Crippen LogP) is 9.94. The normalized spacial score (nSPS) is 11.1. The van der Waals surface area contributed by atoms with Gasteiger partial charge >= 0.3 is 0 Å². The molecule has 7 nitrogen and oxygen atoms in total. The average molecular weight is 669 g/mol. The summed E-state index contributed by atoms with van der Waals surface area (Å²) in [5, 5.41) is 8.53. The molecular weight excluding hydrogens is 641 g/mol. The Labute approximate surface area is 286 Å². The maximum absolute atomic E-state index is 13.9. The molecule has 2 amide bonds. The van der Waals surface area contributed by atoms with Gasteiger partial charge in [-0.15, -0.1) is 0 Å². The van der Waals surface area contributed by atoms with Gasteiger partial charge in [0.2, 0.25) is 0 Å². The largest absolute Gasteiger partial charge is 0.306 e. The Balaban J connectivity index is 1.21. The maximum atomic E-state index is 13.9. The molecule has 48 heavy (non-hydrogen) atoms. The number of fused-ring (bicyclic) bond motifs is 2. The Morgan fingerprint density at radius 3 is 1.31 bits per heavy atom. The summed E-state index contributed by atoms with van der Waals surface area (Å²) in [6.07, 6.45) is 0. The number of nitrogens with one attached hydrogen (secondary N) is 2. The second-order valence-corrected chi connectivity index (χ2v) is 12.2. The molecule has 0 radical (unpaired) electrons. The van der Waals surface area contributed by atoms with E-state index in [9.17, 15) is 9.59 Å². The van der Waals surface area contributed by atoms with Crippen LogP contribution in [0.4, 0.5) is 11.6 Å². The maximum Gasteiger partial charge on any atom is 0.257 e. The Hall–Kier alpha value is -5.63. The number of carbonyl (C=O) groups is 2. The molecule has 0 saturated carbocycles. The summed E-state index contributed by atoms with van der Waals surface area (Å²) in [6.45, 7) is 3.75. The van der Waals surface area contributed by atoms with E-state index >= 15 is 0 Å². The fourth-order valence-electron chi connectivity index (χ4n) is 5.91. The number of hydrogen-bond acceptors (Lipinski definition) is 5. The molecule has 0 aliphatic carbocycles. The summed E-state index contributed by atoms with van der Waals surface area (Å²) in [7, 11) is 0. The van der Waals surface area contributed by atoms with Crippen molar-refractivity contribution in [1.82, 2.24) is 15.0 Å². The standard InChI is InChI=1S/C39H27Cl2N5O2/c1-22-34(28-8-3-5-10-30(28)42-36(22)24-14-18-26(40)19-15-24)38(47)45-32-12-7-13-33(44-32)46-39(48)35-23(2)37(25-16-20-27(41)21-17-25)43-31-11-6-4-9-29(31)35/h3-21H,1-2H3,(H2,44,45,46,47,48). The van der Waals surface area contributed by atoms with Gasteiger partial charge in [-0.3, -0.25) is 9.59 Å². The molecule has 7 rings (SSSR count). The fraction of sp³-hybridized carbons (Fsp3) is 0.0513. The van der Waals surface area contributed by atoms with Gasteiger partial charge in [-0.1, -0.05) is 89.9 Å². The van der Waals surface area contributed by atoms with Crippen molar-refractivity contribution in [3.8, 4) is 22.5 Å². The number of halogens is 2. The van der Waals surface area contributed by atoms with Gasteiger partial charge < -0.3 is 10.6 Å². The van der Waals surface area contributed by atoms with Gasteiger partial charge in [0.05, 0.1) is 33.5 Å². The molecule has 7 aromatic rings. The smallest absolute Gasteiger partial charge is 0.257 e. The van der Waals surface area contributed by atoms with Crippen LogP contribution in [-0.4, -0.2) is 26.8 Å². The zero-order valence-electron chi connectivity index (χ0n) is 25.9. The molecule has 9 heteroatoms. The molecule has 234 valence electrons. The molecule has 0 bridgehead atoms. The first-order valence-electron chi connectivity index (χ1n) is 15.2. The highest BCUT2D eigenvalue weighted by Crippen LogP contribution is 2.33. The zero-order valence-corrected chi connectivity index (χ0v) is 27.4. The van der Waals surface area contributed by atoms with Gasteiger partial charge in [-0.25, -0.2) is 15.0 Å². The summed E-state index contributed by atoms with van der Waals surface area (Å²) in [6, 6.07) is 34.8. The molecule has 0 atom stereocenters. The van der Waals surface area contributed by atoms with Crippen LogP contribution in [0.15, 0.2) is 115 Å². The minimum absolute atomic E-state index is 0.282. The van der Waals surface area contributed by atoms with E-state index in [0.29, 0.717) is 54.4 Å². The van der Waals surface area contributed by atoms with Crippen molar-refractivity contribution in [2.45, 2.75) is 13.8 Å². The van der Waals surface area contributed by atoms with Gasteiger partial charge in [0, 0.05) is 31.9 Å². The average Bonchev–Trinajstić information content (AvgIpc) is 3.08. The number of aromatic nitrogens is 3. The third-order valence-electron chi connectivity index (χ3n) is 8.19. The van der Waals surface area contributed by atoms with Crippen LogP contribution in [0.1, 0.15) is 31.8 Å². The van der Waals surface area contributed by atoms with E-state index in [1.54, 1.807) is 42.5 Å². The van der Waals surface area contributed by atoms with E-state index in [1.807, 2.05) is 86.6 Å². The number of amides is 2. The van der Waals surface area contributed by atoms with Crippen LogP contribution in [0.3, 0.4) is 0 Å². The first kappa shape index (κ1) is 31.0. The van der Waals surface area contributed by atoms with E-state index in [2.05, 4.69) is 15.6 Å². The van der Waals surface area contributed by atoms with E-state index in [1.165, 1.54) is 0 Å². The topological polar surface area (TPSA) is 96.9 Å². The summed E-state index contributed by atoms with van der Waals surface area (Å²) < 4.78 is 0. The van der Waals surface area contributed by atoms with Crippen LogP contribution < -0.4 is 10.6 Å². The minimum atomic E-state index is -0.346. The highest BCUT2D eigenvalue weighted by atomic mass is 35.5. The van der Waals surface area contributed by atoms with Crippen LogP contribution in [0.25, 0.3) is 44.3 Å². The summed E-state index contributed by atoms with van der Waals surface area (Å²) >= 11 is 12.3. The number of carbonyl (C=O) groups excluding carboxylic acids is 2. The molecule has 0 fully saturated rings. The van der Waals surface area contributed by atoms with Gasteiger partial charge in [-0.2, -0.15) is 0 Å². The number of hydrogen-bond donors (Lipinski definition) is 2. The summed E-state index contributed by atoms with van der Waals surface area (Å²) in [5.74, 6) is -0.129. The first-order valence-corrected chi connectivity index (χ1v) is 15.9. The van der Waals surface area contributed by atoms with E-state index < -0.39 is 0 Å². The first-order chi connectivity index (χ1) is 23.3. The molecule has 0 spiro atoms. The summed E-state index contributed by atoms with van der Waals surface area (Å²) in [4.78, 5) is 42.1. The second-order valence-electron chi connectivity index (χ2n) is 11.3. The van der Waals surface area contributed by atoms with Crippen LogP contribution in [0, 0.1) is 13.8 Å². The lowest BCUT2D eigenvalue weighted by Gasteiger charge is -2.16. The molecule has 0 aliphatic heterocycles. The highest BCUT2D eigenvalue weighted by molar-refractivity contribution is 6.31. The quantitative estimate of drug-likeness (QED) is 0.184. The van der Waals surface area contributed by atoms with E-state index in [-0.39, 0.29) is 23.5 Å². The van der Waals surface area contributed by atoms with Crippen LogP contribution in [0.2, 0.25) is 10.0 Å². The van der Waals surface area contributed by atoms with Crippen molar-refractivity contribution in [3.63, 3.8) is 0 Å². The Bertz CT molecular complexity index is 2210. The third kappa shape index (κ3) is 5.97. The lowest BCUT2D eigenvalue weighted by molar-refractivity contribution is 0.102. The molecule has 4 aromatic carbocycles. The molecule has 0 saturated heterocycles. The van der Waals surface area contributed by atoms with Gasteiger partial charge in [-0.05, 0) is 73.5 Å². The zero-order chi connectivity index (χ0) is 33.4. The van der Waals surface area contributed by atoms with E-state index in [0.717, 1.165) is 22.3 Å². The third-order valence-corrected chi connectivity index (χ3v) is 8.70. The van der Waals surface area contributed by atoms with Crippen molar-refractivity contribution < 1.29 is 9.59 Å². The molecule has 0 aliphatic rings. The minimum Gasteiger partial charge on any atom is -0.306 e. The van der Waals surface area contributed by atoms with Gasteiger partial charge in [0.15, 0.2) is 0 Å². The van der Waals surface area contributed by atoms with Crippen molar-refractivity contribution in [1.29, 1.82) is 0 Å². The molecule has 3 heterocycles. The number of para-hydroxylation sites is 2. The van der Waals surface area contributed by atoms with Crippen molar-refractivity contribution >= 4 is 68.5 Å². The molecular formula is C39H27Cl2N5O2. The van der Waals surface area contributed by atoms with Crippen LogP contribution in [0.5, 0.6) is 0 Å². The van der Waals surface area contributed by atoms with Crippen LogP contribution >= 0.6 is 23.2 Å². The number of rotatable bonds is 6. The van der Waals surface area contributed by atoms with Crippen molar-refractivity contribution in [2.75, 3.05) is 10.6 Å². The molecule has 3 aromatic heterocycles. The van der Waals surface area contributed by atoms with E-state index in [4.69, 9.17) is 33.2 Å². The molecule has 0 unspecified atom stereocenters. The second kappa shape index (κ2) is 12.9. The van der Waals surface area contributed by atoms with Gasteiger partial charge in [0.25, 0.3) is 11.8 Å². The Morgan fingerprint density at radius 2 is 0.896 bits per heavy atom. The number of anilines is 2. The lowest BCUT2D eigenvalue weighted by Crippen LogP contribution is -2.18. The number of nitrogens with zero attached hydrogens (tertiary/aromatic N) is 3. The number of pyridine rings is 3. The Kier molecular flexibility index (Phi) is 8.31. The Morgan fingerprint density at radius 1 is 0.500 bits per heavy atom. The monoisotopic (exact) mass is 667 g/mol. The van der Waals surface area contributed by atoms with Gasteiger partial charge in [0.1, 0.15) is 11.6 Å².